The Kier molecular flexibility index (Phi) is 4.66. The summed E-state index contributed by atoms with van der Waals surface area (Å²) in [6.45, 7) is 5.49. The molecule has 0 atom stereocenters. The van der Waals surface area contributed by atoms with E-state index in [1.54, 1.807) is 36.9 Å². The molecule has 8 nitrogen and oxygen atoms in total. The summed E-state index contributed by atoms with van der Waals surface area (Å²) < 4.78 is 12.3. The number of nitrogens with one attached hydrogen (secondary N) is 2. The summed E-state index contributed by atoms with van der Waals surface area (Å²) in [5, 5.41) is 4.99. The Labute approximate surface area is 150 Å². The monoisotopic (exact) mass is 356 g/mol. The van der Waals surface area contributed by atoms with Crippen molar-refractivity contribution >= 4 is 22.8 Å². The SMILES string of the molecule is COc1ccc2oc(C(=O)NNC(=O)Cn3nc(C)cc3C)c(C)c2c1. The fraction of sp³-hybridized carbons (Fsp3) is 0.278. The maximum Gasteiger partial charge on any atom is 0.305 e. The maximum absolute atomic E-state index is 12.3. The van der Waals surface area contributed by atoms with Gasteiger partial charge in [-0.05, 0) is 45.0 Å². The predicted octanol–water partition coefficient (Wildman–Crippen LogP) is 2.02. The average Bonchev–Trinajstić information content (AvgIpc) is 3.11. The normalized spacial score (nSPS) is 10.8. The fourth-order valence-electron chi connectivity index (χ4n) is 2.74. The van der Waals surface area contributed by atoms with Gasteiger partial charge in [0, 0.05) is 16.6 Å². The van der Waals surface area contributed by atoms with E-state index in [-0.39, 0.29) is 18.2 Å². The van der Waals surface area contributed by atoms with Crippen molar-refractivity contribution in [2.45, 2.75) is 27.3 Å². The molecule has 2 heterocycles. The Morgan fingerprint density at radius 1 is 1.19 bits per heavy atom. The van der Waals surface area contributed by atoms with Crippen molar-refractivity contribution in [3.8, 4) is 5.75 Å². The molecule has 3 aromatic rings. The zero-order chi connectivity index (χ0) is 18.8. The molecule has 0 aliphatic heterocycles. The van der Waals surface area contributed by atoms with Crippen molar-refractivity contribution in [3.63, 3.8) is 0 Å². The first kappa shape index (κ1) is 17.5. The van der Waals surface area contributed by atoms with Gasteiger partial charge in [-0.25, -0.2) is 0 Å². The van der Waals surface area contributed by atoms with Gasteiger partial charge in [0.15, 0.2) is 5.76 Å². The molecule has 2 N–H and O–H groups in total. The number of nitrogens with zero attached hydrogens (tertiary/aromatic N) is 2. The van der Waals surface area contributed by atoms with Gasteiger partial charge in [-0.15, -0.1) is 0 Å². The van der Waals surface area contributed by atoms with Crippen molar-refractivity contribution < 1.29 is 18.7 Å². The lowest BCUT2D eigenvalue weighted by atomic mass is 10.1. The van der Waals surface area contributed by atoms with Crippen molar-refractivity contribution in [2.75, 3.05) is 7.11 Å². The summed E-state index contributed by atoms with van der Waals surface area (Å²) >= 11 is 0. The lowest BCUT2D eigenvalue weighted by Gasteiger charge is -2.07. The maximum atomic E-state index is 12.3. The van der Waals surface area contributed by atoms with Crippen molar-refractivity contribution in [2.24, 2.45) is 0 Å². The van der Waals surface area contributed by atoms with Gasteiger partial charge < -0.3 is 9.15 Å². The lowest BCUT2D eigenvalue weighted by molar-refractivity contribution is -0.122. The first-order valence-corrected chi connectivity index (χ1v) is 8.06. The predicted molar refractivity (Wildman–Crippen MR) is 94.8 cm³/mol. The molecule has 8 heteroatoms. The minimum atomic E-state index is -0.528. The van der Waals surface area contributed by atoms with Gasteiger partial charge in [0.2, 0.25) is 0 Å². The summed E-state index contributed by atoms with van der Waals surface area (Å²) in [4.78, 5) is 24.4. The molecule has 26 heavy (non-hydrogen) atoms. The number of furan rings is 1. The molecule has 0 spiro atoms. The highest BCUT2D eigenvalue weighted by molar-refractivity contribution is 5.99. The van der Waals surface area contributed by atoms with Crippen LogP contribution in [0.1, 0.15) is 27.5 Å². The van der Waals surface area contributed by atoms with Gasteiger partial charge in [-0.1, -0.05) is 0 Å². The number of methoxy groups -OCH3 is 1. The van der Waals surface area contributed by atoms with E-state index >= 15 is 0 Å². The molecule has 1 aromatic carbocycles. The second-order valence-electron chi connectivity index (χ2n) is 6.01. The second kappa shape index (κ2) is 6.91. The Hall–Kier alpha value is -3.29. The molecule has 2 aromatic heterocycles. The molecule has 0 saturated carbocycles. The molecule has 3 rings (SSSR count). The summed E-state index contributed by atoms with van der Waals surface area (Å²) in [5.41, 5.74) is 7.68. The molecule has 0 aliphatic carbocycles. The zero-order valence-corrected chi connectivity index (χ0v) is 15.0. The van der Waals surface area contributed by atoms with Gasteiger partial charge in [0.05, 0.1) is 12.8 Å². The van der Waals surface area contributed by atoms with Crippen molar-refractivity contribution in [1.82, 2.24) is 20.6 Å². The molecule has 0 radical (unpaired) electrons. The van der Waals surface area contributed by atoms with Crippen LogP contribution in [-0.2, 0) is 11.3 Å². The van der Waals surface area contributed by atoms with Crippen LogP contribution < -0.4 is 15.6 Å². The summed E-state index contributed by atoms with van der Waals surface area (Å²) in [5.74, 6) is -0.106. The molecular formula is C18H20N4O4. The molecule has 2 amide bonds. The van der Waals surface area contributed by atoms with Crippen LogP contribution in [0.25, 0.3) is 11.0 Å². The van der Waals surface area contributed by atoms with E-state index in [1.165, 1.54) is 0 Å². The minimum Gasteiger partial charge on any atom is -0.497 e. The molecule has 0 saturated heterocycles. The lowest BCUT2D eigenvalue weighted by Crippen LogP contribution is -2.43. The smallest absolute Gasteiger partial charge is 0.305 e. The topological polar surface area (TPSA) is 98.4 Å². The van der Waals surface area contributed by atoms with Gasteiger partial charge in [0.25, 0.3) is 5.91 Å². The number of benzene rings is 1. The molecule has 136 valence electrons. The third-order valence-corrected chi connectivity index (χ3v) is 4.06. The molecular weight excluding hydrogens is 336 g/mol. The second-order valence-corrected chi connectivity index (χ2v) is 6.01. The first-order chi connectivity index (χ1) is 12.4. The van der Waals surface area contributed by atoms with E-state index in [1.807, 2.05) is 19.9 Å². The minimum absolute atomic E-state index is 0.0102. The number of carbonyl (C=O) groups excluding carboxylic acids is 2. The third kappa shape index (κ3) is 3.39. The van der Waals surface area contributed by atoms with Gasteiger partial charge >= 0.3 is 5.91 Å². The number of hydrogen-bond acceptors (Lipinski definition) is 5. The first-order valence-electron chi connectivity index (χ1n) is 8.06. The highest BCUT2D eigenvalue weighted by atomic mass is 16.5. The highest BCUT2D eigenvalue weighted by Crippen LogP contribution is 2.28. The van der Waals surface area contributed by atoms with E-state index in [4.69, 9.17) is 9.15 Å². The van der Waals surface area contributed by atoms with Crippen LogP contribution >= 0.6 is 0 Å². The van der Waals surface area contributed by atoms with Crippen molar-refractivity contribution in [1.29, 1.82) is 0 Å². The third-order valence-electron chi connectivity index (χ3n) is 4.06. The number of hydrogen-bond donors (Lipinski definition) is 2. The highest BCUT2D eigenvalue weighted by Gasteiger charge is 2.19. The van der Waals surface area contributed by atoms with E-state index in [0.717, 1.165) is 16.8 Å². The number of aromatic nitrogens is 2. The average molecular weight is 356 g/mol. The van der Waals surface area contributed by atoms with Gasteiger partial charge in [-0.3, -0.25) is 25.1 Å². The summed E-state index contributed by atoms with van der Waals surface area (Å²) in [7, 11) is 1.57. The number of rotatable bonds is 4. The number of hydrazine groups is 1. The van der Waals surface area contributed by atoms with Crippen LogP contribution in [0.3, 0.4) is 0 Å². The van der Waals surface area contributed by atoms with Crippen molar-refractivity contribution in [3.05, 3.63) is 47.0 Å². The summed E-state index contributed by atoms with van der Waals surface area (Å²) in [6.07, 6.45) is 0. The van der Waals surface area contributed by atoms with Gasteiger partial charge in [-0.2, -0.15) is 5.10 Å². The standard InChI is InChI=1S/C18H20N4O4/c1-10-7-11(2)22(21-10)9-16(23)19-20-18(24)17-12(3)14-8-13(25-4)5-6-15(14)26-17/h5-8H,9H2,1-4H3,(H,19,23)(H,20,24). The molecule has 0 bridgehead atoms. The van der Waals surface area contributed by atoms with Crippen LogP contribution in [0.2, 0.25) is 0 Å². The van der Waals surface area contributed by atoms with Gasteiger partial charge in [0.1, 0.15) is 17.9 Å². The summed E-state index contributed by atoms with van der Waals surface area (Å²) in [6, 6.07) is 7.16. The van der Waals surface area contributed by atoms with Crippen LogP contribution in [0.15, 0.2) is 28.7 Å². The fourth-order valence-corrected chi connectivity index (χ4v) is 2.74. The van der Waals surface area contributed by atoms with Crippen LogP contribution in [0.5, 0.6) is 5.75 Å². The molecule has 0 aliphatic rings. The molecule has 0 unspecified atom stereocenters. The Bertz CT molecular complexity index is 987. The number of amides is 2. The van der Waals surface area contributed by atoms with E-state index in [2.05, 4.69) is 16.0 Å². The number of aryl methyl sites for hydroxylation is 3. The van der Waals surface area contributed by atoms with Crippen LogP contribution in [0, 0.1) is 20.8 Å². The molecule has 0 fully saturated rings. The Balaban J connectivity index is 1.68. The van der Waals surface area contributed by atoms with Crippen LogP contribution in [0.4, 0.5) is 0 Å². The van der Waals surface area contributed by atoms with E-state index < -0.39 is 5.91 Å². The largest absolute Gasteiger partial charge is 0.497 e. The van der Waals surface area contributed by atoms with Crippen LogP contribution in [-0.4, -0.2) is 28.7 Å². The zero-order valence-electron chi connectivity index (χ0n) is 15.0. The number of fused-ring (bicyclic) bond motifs is 1. The van der Waals surface area contributed by atoms with E-state index in [9.17, 15) is 9.59 Å². The number of ether oxygens (including phenoxy) is 1. The number of carbonyl (C=O) groups is 2. The quantitative estimate of drug-likeness (QED) is 0.697. The Morgan fingerprint density at radius 3 is 2.62 bits per heavy atom. The van der Waals surface area contributed by atoms with E-state index in [0.29, 0.717) is 16.9 Å². The Morgan fingerprint density at radius 2 is 1.96 bits per heavy atom.